The van der Waals surface area contributed by atoms with Crippen LogP contribution in [-0.4, -0.2) is 32.9 Å². The minimum absolute atomic E-state index is 0.0574. The predicted molar refractivity (Wildman–Crippen MR) is 93.2 cm³/mol. The number of nitrogens with two attached hydrogens (primary N) is 1. The first-order chi connectivity index (χ1) is 12.6. The van der Waals surface area contributed by atoms with Crippen LogP contribution in [0.25, 0.3) is 10.9 Å². The number of fused-ring (bicyclic) bond motifs is 1. The van der Waals surface area contributed by atoms with Crippen LogP contribution in [-0.2, 0) is 11.3 Å². The van der Waals surface area contributed by atoms with Crippen LogP contribution in [0.5, 0.6) is 0 Å². The molecule has 0 saturated carbocycles. The SMILES string of the molecule is N#CCCn1cc(C(=O)COC(=O)c2nccnc2N)c2ccccc21. The van der Waals surface area contributed by atoms with E-state index in [4.69, 9.17) is 15.7 Å². The zero-order valence-corrected chi connectivity index (χ0v) is 13.8. The van der Waals surface area contributed by atoms with Crippen molar-refractivity contribution in [3.05, 3.63) is 54.1 Å². The van der Waals surface area contributed by atoms with Crippen molar-refractivity contribution in [1.29, 1.82) is 5.26 Å². The van der Waals surface area contributed by atoms with Gasteiger partial charge in [-0.3, -0.25) is 4.79 Å². The first-order valence-corrected chi connectivity index (χ1v) is 7.83. The molecule has 26 heavy (non-hydrogen) atoms. The summed E-state index contributed by atoms with van der Waals surface area (Å²) >= 11 is 0. The third-order valence-corrected chi connectivity index (χ3v) is 3.81. The number of aromatic nitrogens is 3. The molecule has 0 amide bonds. The highest BCUT2D eigenvalue weighted by molar-refractivity contribution is 6.09. The first-order valence-electron chi connectivity index (χ1n) is 7.83. The molecule has 0 bridgehead atoms. The van der Waals surface area contributed by atoms with Crippen molar-refractivity contribution >= 4 is 28.5 Å². The number of anilines is 1. The molecule has 3 rings (SSSR count). The van der Waals surface area contributed by atoms with Crippen LogP contribution in [0.15, 0.2) is 42.9 Å². The van der Waals surface area contributed by atoms with E-state index >= 15 is 0 Å². The van der Waals surface area contributed by atoms with Crippen molar-refractivity contribution in [2.24, 2.45) is 0 Å². The van der Waals surface area contributed by atoms with Crippen LogP contribution in [0.2, 0.25) is 0 Å². The van der Waals surface area contributed by atoms with Gasteiger partial charge >= 0.3 is 5.97 Å². The Labute approximate surface area is 148 Å². The van der Waals surface area contributed by atoms with Crippen molar-refractivity contribution in [3.63, 3.8) is 0 Å². The number of nitrogens with zero attached hydrogens (tertiary/aromatic N) is 4. The third-order valence-electron chi connectivity index (χ3n) is 3.81. The maximum atomic E-state index is 12.5. The molecule has 0 radical (unpaired) electrons. The van der Waals surface area contributed by atoms with E-state index in [9.17, 15) is 9.59 Å². The lowest BCUT2D eigenvalue weighted by molar-refractivity contribution is 0.0470. The number of benzene rings is 1. The number of Topliss-reactive ketones (excluding diaryl/α,β-unsaturated/α-hetero) is 1. The van der Waals surface area contributed by atoms with Crippen molar-refractivity contribution in [3.8, 4) is 6.07 Å². The molecule has 0 aliphatic rings. The number of carbonyl (C=O) groups is 2. The van der Waals surface area contributed by atoms with Crippen molar-refractivity contribution in [2.45, 2.75) is 13.0 Å². The van der Waals surface area contributed by atoms with Gasteiger partial charge in [-0.1, -0.05) is 18.2 Å². The molecule has 130 valence electrons. The lowest BCUT2D eigenvalue weighted by Gasteiger charge is -2.04. The van der Waals surface area contributed by atoms with Crippen LogP contribution in [0.1, 0.15) is 27.3 Å². The highest BCUT2D eigenvalue weighted by Gasteiger charge is 2.19. The molecule has 0 fully saturated rings. The molecule has 0 unspecified atom stereocenters. The summed E-state index contributed by atoms with van der Waals surface area (Å²) in [6.45, 7) is 0.0291. The van der Waals surface area contributed by atoms with Gasteiger partial charge in [0.15, 0.2) is 18.1 Å². The van der Waals surface area contributed by atoms with Gasteiger partial charge in [-0.15, -0.1) is 0 Å². The molecular weight excluding hydrogens is 334 g/mol. The van der Waals surface area contributed by atoms with E-state index in [1.807, 2.05) is 28.8 Å². The number of aryl methyl sites for hydroxylation is 1. The number of hydrogen-bond donors (Lipinski definition) is 1. The number of ether oxygens (including phenoxy) is 1. The second kappa shape index (κ2) is 7.44. The van der Waals surface area contributed by atoms with Gasteiger partial charge in [0.25, 0.3) is 0 Å². The minimum Gasteiger partial charge on any atom is -0.452 e. The van der Waals surface area contributed by atoms with Gasteiger partial charge in [-0.2, -0.15) is 5.26 Å². The van der Waals surface area contributed by atoms with Crippen molar-refractivity contribution in [1.82, 2.24) is 14.5 Å². The fourth-order valence-corrected chi connectivity index (χ4v) is 2.61. The maximum Gasteiger partial charge on any atom is 0.361 e. The smallest absolute Gasteiger partial charge is 0.361 e. The number of nitriles is 1. The average Bonchev–Trinajstić information content (AvgIpc) is 3.03. The third kappa shape index (κ3) is 3.37. The Kier molecular flexibility index (Phi) is 4.90. The van der Waals surface area contributed by atoms with Crippen molar-refractivity contribution < 1.29 is 14.3 Å². The molecule has 0 saturated heterocycles. The summed E-state index contributed by atoms with van der Waals surface area (Å²) in [5.74, 6) is -1.22. The Bertz CT molecular complexity index is 1020. The summed E-state index contributed by atoms with van der Waals surface area (Å²) in [5, 5.41) is 9.52. The topological polar surface area (TPSA) is 124 Å². The summed E-state index contributed by atoms with van der Waals surface area (Å²) in [5.41, 5.74) is 6.72. The van der Waals surface area contributed by atoms with Gasteiger partial charge in [0.05, 0.1) is 12.5 Å². The van der Waals surface area contributed by atoms with Gasteiger partial charge in [0.1, 0.15) is 0 Å². The number of ketones is 1. The fraction of sp³-hybridized carbons (Fsp3) is 0.167. The summed E-state index contributed by atoms with van der Waals surface area (Å²) in [4.78, 5) is 32.1. The minimum atomic E-state index is -0.808. The number of carbonyl (C=O) groups excluding carboxylic acids is 2. The van der Waals surface area contributed by atoms with E-state index in [2.05, 4.69) is 16.0 Å². The molecule has 3 aromatic rings. The molecule has 2 heterocycles. The monoisotopic (exact) mass is 349 g/mol. The molecule has 0 spiro atoms. The highest BCUT2D eigenvalue weighted by atomic mass is 16.5. The lowest BCUT2D eigenvalue weighted by Crippen LogP contribution is -2.17. The molecule has 2 aromatic heterocycles. The predicted octanol–water partition coefficient (Wildman–Crippen LogP) is 1.97. The van der Waals surface area contributed by atoms with E-state index in [0.717, 1.165) is 10.9 Å². The number of hydrogen-bond acceptors (Lipinski definition) is 7. The van der Waals surface area contributed by atoms with Crippen LogP contribution in [0, 0.1) is 11.3 Å². The molecule has 0 atom stereocenters. The van der Waals surface area contributed by atoms with Gasteiger partial charge in [0, 0.05) is 41.6 Å². The Morgan fingerprint density at radius 3 is 2.77 bits per heavy atom. The largest absolute Gasteiger partial charge is 0.452 e. The van der Waals surface area contributed by atoms with Crippen LogP contribution < -0.4 is 5.73 Å². The number of para-hydroxylation sites is 1. The first kappa shape index (κ1) is 17.1. The van der Waals surface area contributed by atoms with Gasteiger partial charge in [-0.25, -0.2) is 14.8 Å². The fourth-order valence-electron chi connectivity index (χ4n) is 2.61. The summed E-state index contributed by atoms with van der Waals surface area (Å²) < 4.78 is 6.87. The van der Waals surface area contributed by atoms with Crippen LogP contribution >= 0.6 is 0 Å². The van der Waals surface area contributed by atoms with Crippen molar-refractivity contribution in [2.75, 3.05) is 12.3 Å². The Hall–Kier alpha value is -3.73. The molecule has 8 nitrogen and oxygen atoms in total. The van der Waals surface area contributed by atoms with Crippen LogP contribution in [0.3, 0.4) is 0 Å². The molecule has 0 aliphatic carbocycles. The normalized spacial score (nSPS) is 10.4. The van der Waals surface area contributed by atoms with E-state index in [1.54, 1.807) is 6.20 Å². The summed E-state index contributed by atoms with van der Waals surface area (Å²) in [7, 11) is 0. The van der Waals surface area contributed by atoms with Crippen LogP contribution in [0.4, 0.5) is 5.82 Å². The van der Waals surface area contributed by atoms with E-state index in [-0.39, 0.29) is 17.3 Å². The standard InChI is InChI=1S/C18H15N5O3/c19-6-3-9-23-10-13(12-4-1-2-5-14(12)23)15(24)11-26-18(25)16-17(20)22-8-7-21-16/h1-2,4-5,7-8,10H,3,9,11H2,(H2,20,22). The average molecular weight is 349 g/mol. The number of rotatable bonds is 6. The zero-order chi connectivity index (χ0) is 18.5. The zero-order valence-electron chi connectivity index (χ0n) is 13.8. The Balaban J connectivity index is 1.79. The quantitative estimate of drug-likeness (QED) is 0.533. The van der Waals surface area contributed by atoms with Gasteiger partial charge < -0.3 is 15.0 Å². The summed E-state index contributed by atoms with van der Waals surface area (Å²) in [6, 6.07) is 9.44. The Morgan fingerprint density at radius 1 is 1.23 bits per heavy atom. The molecule has 1 aromatic carbocycles. The van der Waals surface area contributed by atoms with Gasteiger partial charge in [-0.05, 0) is 6.07 Å². The Morgan fingerprint density at radius 2 is 2.00 bits per heavy atom. The number of nitrogen functional groups attached to an aromatic ring is 1. The van der Waals surface area contributed by atoms with E-state index in [0.29, 0.717) is 18.5 Å². The van der Waals surface area contributed by atoms with E-state index in [1.165, 1.54) is 12.4 Å². The second-order valence-corrected chi connectivity index (χ2v) is 5.45. The molecule has 2 N–H and O–H groups in total. The molecule has 8 heteroatoms. The summed E-state index contributed by atoms with van der Waals surface area (Å²) in [6.07, 6.45) is 4.67. The maximum absolute atomic E-state index is 12.5. The number of esters is 1. The molecular formula is C18H15N5O3. The highest BCUT2D eigenvalue weighted by Crippen LogP contribution is 2.22. The lowest BCUT2D eigenvalue weighted by atomic mass is 10.1. The molecule has 0 aliphatic heterocycles. The van der Waals surface area contributed by atoms with Gasteiger partial charge in [0.2, 0.25) is 5.78 Å². The second-order valence-electron chi connectivity index (χ2n) is 5.45. The van der Waals surface area contributed by atoms with E-state index < -0.39 is 12.6 Å².